The quantitative estimate of drug-likeness (QED) is 0.752. The summed E-state index contributed by atoms with van der Waals surface area (Å²) in [5.74, 6) is 0.305. The van der Waals surface area contributed by atoms with E-state index in [1.54, 1.807) is 12.1 Å². The SMILES string of the molecule is Cc1c(Cl)c(CN2CCN(c3ccc(O)cc3)CC2)nc2ccccc12. The van der Waals surface area contributed by atoms with Gasteiger partial charge in [0.15, 0.2) is 0 Å². The summed E-state index contributed by atoms with van der Waals surface area (Å²) in [6.45, 7) is 6.67. The van der Waals surface area contributed by atoms with Crippen LogP contribution in [0.1, 0.15) is 11.3 Å². The number of halogens is 1. The Kier molecular flexibility index (Phi) is 4.70. The zero-order valence-corrected chi connectivity index (χ0v) is 15.6. The first-order valence-electron chi connectivity index (χ1n) is 8.92. The largest absolute Gasteiger partial charge is 0.508 e. The maximum absolute atomic E-state index is 9.44. The molecule has 1 saturated heterocycles. The molecular weight excluding hydrogens is 346 g/mol. The Morgan fingerprint density at radius 2 is 1.69 bits per heavy atom. The topological polar surface area (TPSA) is 39.6 Å². The molecule has 0 aliphatic carbocycles. The molecule has 0 radical (unpaired) electrons. The van der Waals surface area contributed by atoms with Gasteiger partial charge in [0.1, 0.15) is 5.75 Å². The van der Waals surface area contributed by atoms with Crippen molar-refractivity contribution in [3.05, 3.63) is 64.8 Å². The number of phenols is 1. The van der Waals surface area contributed by atoms with E-state index in [0.717, 1.165) is 65.6 Å². The van der Waals surface area contributed by atoms with Crippen molar-refractivity contribution in [1.82, 2.24) is 9.88 Å². The van der Waals surface area contributed by atoms with Crippen molar-refractivity contribution in [2.45, 2.75) is 13.5 Å². The van der Waals surface area contributed by atoms with Crippen molar-refractivity contribution in [1.29, 1.82) is 0 Å². The maximum Gasteiger partial charge on any atom is 0.115 e. The monoisotopic (exact) mass is 367 g/mol. The third-order valence-corrected chi connectivity index (χ3v) is 5.61. The summed E-state index contributed by atoms with van der Waals surface area (Å²) < 4.78 is 0. The number of phenolic OH excluding ortho intramolecular Hbond substituents is 1. The molecule has 1 aromatic heterocycles. The van der Waals surface area contributed by atoms with Gasteiger partial charge in [-0.2, -0.15) is 0 Å². The minimum atomic E-state index is 0.305. The Labute approximate surface area is 158 Å². The van der Waals surface area contributed by atoms with Crippen LogP contribution in [0.4, 0.5) is 5.69 Å². The van der Waals surface area contributed by atoms with E-state index in [-0.39, 0.29) is 0 Å². The lowest BCUT2D eigenvalue weighted by atomic mass is 10.1. The van der Waals surface area contributed by atoms with E-state index in [2.05, 4.69) is 22.8 Å². The number of para-hydroxylation sites is 1. The van der Waals surface area contributed by atoms with Crippen LogP contribution in [-0.2, 0) is 6.54 Å². The van der Waals surface area contributed by atoms with Crippen molar-refractivity contribution in [3.63, 3.8) is 0 Å². The Bertz CT molecular complexity index is 918. The molecule has 0 amide bonds. The van der Waals surface area contributed by atoms with Gasteiger partial charge < -0.3 is 10.0 Å². The molecule has 0 atom stereocenters. The number of hydrogen-bond acceptors (Lipinski definition) is 4. The lowest BCUT2D eigenvalue weighted by Crippen LogP contribution is -2.46. The molecule has 134 valence electrons. The fourth-order valence-electron chi connectivity index (χ4n) is 3.56. The van der Waals surface area contributed by atoms with E-state index in [1.165, 1.54) is 0 Å². The van der Waals surface area contributed by atoms with Crippen LogP contribution in [0.2, 0.25) is 5.02 Å². The fourth-order valence-corrected chi connectivity index (χ4v) is 3.77. The highest BCUT2D eigenvalue weighted by atomic mass is 35.5. The number of fused-ring (bicyclic) bond motifs is 1. The first kappa shape index (κ1) is 17.1. The van der Waals surface area contributed by atoms with Gasteiger partial charge in [-0.3, -0.25) is 4.90 Å². The van der Waals surface area contributed by atoms with Crippen LogP contribution in [0.15, 0.2) is 48.5 Å². The lowest BCUT2D eigenvalue weighted by molar-refractivity contribution is 0.247. The summed E-state index contributed by atoms with van der Waals surface area (Å²) in [5, 5.41) is 11.3. The average Bonchev–Trinajstić information content (AvgIpc) is 2.67. The van der Waals surface area contributed by atoms with Crippen molar-refractivity contribution in [2.24, 2.45) is 0 Å². The standard InChI is InChI=1S/C21H22ClN3O/c1-15-18-4-2-3-5-19(18)23-20(21(15)22)14-24-10-12-25(13-11-24)16-6-8-17(26)9-7-16/h2-9,26H,10-14H2,1H3. The van der Waals surface area contributed by atoms with E-state index in [1.807, 2.05) is 30.3 Å². The molecule has 4 rings (SSSR count). The molecule has 26 heavy (non-hydrogen) atoms. The molecule has 5 heteroatoms. The molecule has 0 spiro atoms. The van der Waals surface area contributed by atoms with Crippen molar-refractivity contribution in [2.75, 3.05) is 31.1 Å². The number of nitrogens with zero attached hydrogens (tertiary/aromatic N) is 3. The molecule has 1 aliphatic heterocycles. The van der Waals surface area contributed by atoms with Crippen LogP contribution in [0.3, 0.4) is 0 Å². The van der Waals surface area contributed by atoms with Crippen molar-refractivity contribution in [3.8, 4) is 5.75 Å². The number of hydrogen-bond donors (Lipinski definition) is 1. The Hall–Kier alpha value is -2.30. The highest BCUT2D eigenvalue weighted by Gasteiger charge is 2.20. The highest BCUT2D eigenvalue weighted by molar-refractivity contribution is 6.32. The second-order valence-electron chi connectivity index (χ2n) is 6.79. The first-order chi connectivity index (χ1) is 12.6. The maximum atomic E-state index is 9.44. The summed E-state index contributed by atoms with van der Waals surface area (Å²) >= 11 is 6.61. The van der Waals surface area contributed by atoms with Gasteiger partial charge in [-0.15, -0.1) is 0 Å². The Morgan fingerprint density at radius 3 is 2.42 bits per heavy atom. The lowest BCUT2D eigenvalue weighted by Gasteiger charge is -2.36. The second-order valence-corrected chi connectivity index (χ2v) is 7.17. The first-order valence-corrected chi connectivity index (χ1v) is 9.29. The molecule has 2 aromatic carbocycles. The van der Waals surface area contributed by atoms with E-state index in [0.29, 0.717) is 5.75 Å². The smallest absolute Gasteiger partial charge is 0.115 e. The third kappa shape index (κ3) is 3.35. The zero-order chi connectivity index (χ0) is 18.1. The molecule has 2 heterocycles. The van der Waals surface area contributed by atoms with Crippen molar-refractivity contribution >= 4 is 28.2 Å². The number of benzene rings is 2. The minimum absolute atomic E-state index is 0.305. The van der Waals surface area contributed by atoms with Crippen LogP contribution in [0.25, 0.3) is 10.9 Å². The number of aromatic nitrogens is 1. The van der Waals surface area contributed by atoms with E-state index in [9.17, 15) is 5.11 Å². The summed E-state index contributed by atoms with van der Waals surface area (Å²) in [5.41, 5.74) is 4.23. The van der Waals surface area contributed by atoms with Gasteiger partial charge in [0.05, 0.1) is 16.2 Å². The van der Waals surface area contributed by atoms with E-state index < -0.39 is 0 Å². The van der Waals surface area contributed by atoms with Gasteiger partial charge in [0, 0.05) is 43.8 Å². The Balaban J connectivity index is 1.47. The van der Waals surface area contributed by atoms with Crippen LogP contribution in [0, 0.1) is 6.92 Å². The van der Waals surface area contributed by atoms with E-state index in [4.69, 9.17) is 16.6 Å². The van der Waals surface area contributed by atoms with Crippen LogP contribution >= 0.6 is 11.6 Å². The summed E-state index contributed by atoms with van der Waals surface area (Å²) in [4.78, 5) is 9.55. The summed E-state index contributed by atoms with van der Waals surface area (Å²) in [6, 6.07) is 15.6. The Morgan fingerprint density at radius 1 is 1.00 bits per heavy atom. The highest BCUT2D eigenvalue weighted by Crippen LogP contribution is 2.28. The predicted octanol–water partition coefficient (Wildman–Crippen LogP) is 4.22. The van der Waals surface area contributed by atoms with Crippen molar-refractivity contribution < 1.29 is 5.11 Å². The van der Waals surface area contributed by atoms with Gasteiger partial charge >= 0.3 is 0 Å². The van der Waals surface area contributed by atoms with Gasteiger partial charge in [-0.05, 0) is 42.8 Å². The fraction of sp³-hybridized carbons (Fsp3) is 0.286. The molecule has 0 bridgehead atoms. The second kappa shape index (κ2) is 7.14. The molecule has 1 aliphatic rings. The summed E-state index contributed by atoms with van der Waals surface area (Å²) in [6.07, 6.45) is 0. The molecule has 0 unspecified atom stereocenters. The molecule has 1 N–H and O–H groups in total. The number of rotatable bonds is 3. The number of anilines is 1. The summed E-state index contributed by atoms with van der Waals surface area (Å²) in [7, 11) is 0. The van der Waals surface area contributed by atoms with Gasteiger partial charge in [0.2, 0.25) is 0 Å². The molecule has 0 saturated carbocycles. The van der Waals surface area contributed by atoms with Crippen LogP contribution in [0.5, 0.6) is 5.75 Å². The van der Waals surface area contributed by atoms with Crippen LogP contribution in [-0.4, -0.2) is 41.2 Å². The molecular formula is C21H22ClN3O. The number of aromatic hydroxyl groups is 1. The molecule has 3 aromatic rings. The third-order valence-electron chi connectivity index (χ3n) is 5.11. The van der Waals surface area contributed by atoms with Gasteiger partial charge in [-0.25, -0.2) is 4.98 Å². The zero-order valence-electron chi connectivity index (χ0n) is 14.8. The van der Waals surface area contributed by atoms with Gasteiger partial charge in [0.25, 0.3) is 0 Å². The number of piperazine rings is 1. The predicted molar refractivity (Wildman–Crippen MR) is 107 cm³/mol. The molecule has 4 nitrogen and oxygen atoms in total. The average molecular weight is 368 g/mol. The normalized spacial score (nSPS) is 15.5. The number of aryl methyl sites for hydroxylation is 1. The minimum Gasteiger partial charge on any atom is -0.508 e. The number of pyridine rings is 1. The van der Waals surface area contributed by atoms with Gasteiger partial charge in [-0.1, -0.05) is 29.8 Å². The van der Waals surface area contributed by atoms with E-state index >= 15 is 0 Å². The van der Waals surface area contributed by atoms with Crippen LogP contribution < -0.4 is 4.90 Å². The molecule has 1 fully saturated rings.